The normalized spacial score (nSPS) is 21.3. The molecule has 4 aliphatic rings. The number of allylic oxidation sites excluding steroid dienone is 2. The maximum atomic E-state index is 12.4. The monoisotopic (exact) mass is 475 g/mol. The maximum absolute atomic E-state index is 12.4. The number of carbonyl (C=O) groups is 1. The Hall–Kier alpha value is -2.48. The van der Waals surface area contributed by atoms with E-state index in [9.17, 15) is 4.79 Å². The number of amides is 2. The quantitative estimate of drug-likeness (QED) is 0.710. The van der Waals surface area contributed by atoms with Crippen LogP contribution in [0, 0.1) is 0 Å². The maximum Gasteiger partial charge on any atom is 0.317 e. The summed E-state index contributed by atoms with van der Waals surface area (Å²) < 4.78 is 0. The van der Waals surface area contributed by atoms with Crippen LogP contribution in [0.5, 0.6) is 0 Å². The lowest BCUT2D eigenvalue weighted by atomic mass is 9.95. The zero-order chi connectivity index (χ0) is 23.1. The summed E-state index contributed by atoms with van der Waals surface area (Å²) in [5, 5.41) is 3.11. The molecule has 0 atom stereocenters. The number of fused-ring (bicyclic) bond motifs is 1. The first-order chi connectivity index (χ1) is 16.6. The summed E-state index contributed by atoms with van der Waals surface area (Å²) in [6.45, 7) is 7.11. The molecule has 0 radical (unpaired) electrons. The van der Waals surface area contributed by atoms with E-state index in [1.54, 1.807) is 0 Å². The molecule has 7 heteroatoms. The van der Waals surface area contributed by atoms with Crippen LogP contribution in [0.3, 0.4) is 0 Å². The number of aromatic nitrogens is 1. The van der Waals surface area contributed by atoms with Crippen molar-refractivity contribution < 1.29 is 4.79 Å². The Bertz CT molecular complexity index is 1140. The highest BCUT2D eigenvalue weighted by Gasteiger charge is 2.28. The minimum atomic E-state index is 0.0904. The second-order valence-corrected chi connectivity index (χ2v) is 11.2. The lowest BCUT2D eigenvalue weighted by Gasteiger charge is -2.31. The van der Waals surface area contributed by atoms with Gasteiger partial charge >= 0.3 is 6.03 Å². The van der Waals surface area contributed by atoms with Gasteiger partial charge in [0.05, 0.1) is 5.69 Å². The van der Waals surface area contributed by atoms with Gasteiger partial charge in [0.2, 0.25) is 0 Å². The molecule has 0 spiro atoms. The molecule has 6 rings (SSSR count). The van der Waals surface area contributed by atoms with E-state index in [1.807, 2.05) is 22.4 Å². The van der Waals surface area contributed by atoms with Crippen molar-refractivity contribution in [1.29, 1.82) is 0 Å². The van der Waals surface area contributed by atoms with Crippen molar-refractivity contribution in [3.05, 3.63) is 58.3 Å². The molecule has 1 N–H and O–H groups in total. The second kappa shape index (κ2) is 9.29. The molecule has 1 saturated carbocycles. The predicted octanol–water partition coefficient (Wildman–Crippen LogP) is 4.00. The van der Waals surface area contributed by atoms with Crippen LogP contribution in [-0.4, -0.2) is 78.1 Å². The highest BCUT2D eigenvalue weighted by Crippen LogP contribution is 2.38. The van der Waals surface area contributed by atoms with Crippen LogP contribution < -0.4 is 5.32 Å². The minimum Gasteiger partial charge on any atom is -0.335 e. The molecular formula is C27H33N5OS. The molecule has 6 nitrogen and oxygen atoms in total. The molecule has 1 saturated heterocycles. The number of piperazine rings is 1. The van der Waals surface area contributed by atoms with E-state index < -0.39 is 0 Å². The Morgan fingerprint density at radius 3 is 2.76 bits per heavy atom. The summed E-state index contributed by atoms with van der Waals surface area (Å²) in [7, 11) is 2.20. The van der Waals surface area contributed by atoms with Gasteiger partial charge in [-0.2, -0.15) is 0 Å². The summed E-state index contributed by atoms with van der Waals surface area (Å²) in [6.07, 6.45) is 10.7. The van der Waals surface area contributed by atoms with Gasteiger partial charge in [-0.15, -0.1) is 11.3 Å². The van der Waals surface area contributed by atoms with E-state index in [1.165, 1.54) is 37.7 Å². The third-order valence-corrected chi connectivity index (χ3v) is 8.55. The minimum absolute atomic E-state index is 0.0904. The zero-order valence-corrected chi connectivity index (χ0v) is 20.7. The lowest BCUT2D eigenvalue weighted by molar-refractivity contribution is 0.149. The zero-order valence-electron chi connectivity index (χ0n) is 19.9. The Kier molecular flexibility index (Phi) is 6.01. The number of nitrogens with one attached hydrogen (secondary N) is 1. The first kappa shape index (κ1) is 22.0. The fourth-order valence-corrected chi connectivity index (χ4v) is 6.10. The molecule has 0 unspecified atom stereocenters. The Labute approximate surface area is 206 Å². The van der Waals surface area contributed by atoms with Gasteiger partial charge < -0.3 is 15.1 Å². The highest BCUT2D eigenvalue weighted by molar-refractivity contribution is 7.15. The van der Waals surface area contributed by atoms with Crippen molar-refractivity contribution in [3.8, 4) is 10.4 Å². The number of pyridine rings is 1. The number of thiophene rings is 1. The molecule has 178 valence electrons. The molecule has 2 amide bonds. The van der Waals surface area contributed by atoms with E-state index in [2.05, 4.69) is 52.5 Å². The van der Waals surface area contributed by atoms with Crippen LogP contribution >= 0.6 is 11.3 Å². The number of hydrogen-bond donors (Lipinski definition) is 1. The average Bonchev–Trinajstić information content (AvgIpc) is 3.38. The number of nitrogens with zero attached hydrogens (tertiary/aromatic N) is 4. The number of likely N-dealkylation sites (N-methyl/N-ethyl adjacent to an activating group) is 1. The molecule has 2 aliphatic heterocycles. The van der Waals surface area contributed by atoms with E-state index in [-0.39, 0.29) is 6.03 Å². The predicted molar refractivity (Wildman–Crippen MR) is 138 cm³/mol. The standard InChI is InChI=1S/C27H33N5OS/c1-30-12-14-31(15-13-30)18-22-4-7-26(34-22)20-16-24-23(5-6-25(24)28-17-20)19-8-10-32(11-9-19)27(33)29-21-2-3-21/h4-5,7-8,16-17,21H,2-3,6,9-15,18H2,1H3,(H,29,33). The highest BCUT2D eigenvalue weighted by atomic mass is 32.1. The van der Waals surface area contributed by atoms with E-state index >= 15 is 0 Å². The fraction of sp³-hybridized carbons (Fsp3) is 0.481. The van der Waals surface area contributed by atoms with Gasteiger partial charge in [-0.1, -0.05) is 12.2 Å². The van der Waals surface area contributed by atoms with Crippen LogP contribution in [0.1, 0.15) is 35.4 Å². The first-order valence-electron chi connectivity index (χ1n) is 12.6. The summed E-state index contributed by atoms with van der Waals surface area (Å²) in [5.41, 5.74) is 6.33. The van der Waals surface area contributed by atoms with E-state index in [0.717, 1.165) is 65.0 Å². The van der Waals surface area contributed by atoms with Gasteiger partial charge in [-0.3, -0.25) is 9.88 Å². The fourth-order valence-electron chi connectivity index (χ4n) is 5.07. The summed E-state index contributed by atoms with van der Waals surface area (Å²) in [5.74, 6) is 0. The third-order valence-electron chi connectivity index (χ3n) is 7.43. The van der Waals surface area contributed by atoms with E-state index in [0.29, 0.717) is 12.6 Å². The van der Waals surface area contributed by atoms with E-state index in [4.69, 9.17) is 4.98 Å². The van der Waals surface area contributed by atoms with Crippen LogP contribution in [0.25, 0.3) is 16.0 Å². The summed E-state index contributed by atoms with van der Waals surface area (Å²) in [4.78, 5) is 26.8. The van der Waals surface area contributed by atoms with Crippen LogP contribution in [-0.2, 0) is 13.0 Å². The summed E-state index contributed by atoms with van der Waals surface area (Å²) in [6, 6.07) is 7.37. The van der Waals surface area contributed by atoms with Crippen LogP contribution in [0.4, 0.5) is 4.79 Å². The molecule has 34 heavy (non-hydrogen) atoms. The van der Waals surface area contributed by atoms with Crippen molar-refractivity contribution in [3.63, 3.8) is 0 Å². The second-order valence-electron chi connectivity index (χ2n) is 10.0. The van der Waals surface area contributed by atoms with Gasteiger partial charge in [0, 0.05) is 85.4 Å². The number of rotatable bonds is 5. The van der Waals surface area contributed by atoms with Gasteiger partial charge in [-0.25, -0.2) is 4.79 Å². The smallest absolute Gasteiger partial charge is 0.317 e. The van der Waals surface area contributed by atoms with Crippen molar-refractivity contribution in [2.24, 2.45) is 0 Å². The summed E-state index contributed by atoms with van der Waals surface area (Å²) >= 11 is 1.90. The molecule has 2 aromatic heterocycles. The molecule has 0 aromatic carbocycles. The molecule has 2 fully saturated rings. The van der Waals surface area contributed by atoms with Gasteiger partial charge in [0.15, 0.2) is 0 Å². The van der Waals surface area contributed by atoms with Crippen molar-refractivity contribution in [1.82, 2.24) is 25.0 Å². The van der Waals surface area contributed by atoms with Crippen LogP contribution in [0.15, 0.2) is 42.1 Å². The molecule has 4 heterocycles. The number of hydrogen-bond acceptors (Lipinski definition) is 5. The van der Waals surface area contributed by atoms with Crippen LogP contribution in [0.2, 0.25) is 0 Å². The van der Waals surface area contributed by atoms with Crippen molar-refractivity contribution in [2.45, 2.75) is 38.3 Å². The first-order valence-corrected chi connectivity index (χ1v) is 13.4. The Balaban J connectivity index is 1.14. The van der Waals surface area contributed by atoms with Gasteiger partial charge in [-0.05, 0) is 55.7 Å². The molecule has 0 bridgehead atoms. The van der Waals surface area contributed by atoms with Crippen molar-refractivity contribution in [2.75, 3.05) is 46.3 Å². The molecule has 2 aliphatic carbocycles. The van der Waals surface area contributed by atoms with Gasteiger partial charge in [0.1, 0.15) is 0 Å². The lowest BCUT2D eigenvalue weighted by Crippen LogP contribution is -2.43. The molecular weight excluding hydrogens is 442 g/mol. The number of urea groups is 1. The largest absolute Gasteiger partial charge is 0.335 e. The number of carbonyl (C=O) groups excluding carboxylic acids is 1. The Morgan fingerprint density at radius 1 is 1.15 bits per heavy atom. The van der Waals surface area contributed by atoms with Gasteiger partial charge in [0.25, 0.3) is 0 Å². The topological polar surface area (TPSA) is 51.7 Å². The average molecular weight is 476 g/mol. The van der Waals surface area contributed by atoms with Crippen molar-refractivity contribution >= 4 is 22.9 Å². The Morgan fingerprint density at radius 2 is 2.00 bits per heavy atom. The molecule has 2 aromatic rings. The SMILES string of the molecule is CN1CCN(Cc2ccc(-c3cnc4c(c3)C(C3=CCN(C(=O)NC5CC5)CC3)=CC4)s2)CC1. The third kappa shape index (κ3) is 4.69.